The largest absolute Gasteiger partial charge is 0.433 e. The average Bonchev–Trinajstić information content (AvgIpc) is 3.57. The maximum Gasteiger partial charge on any atom is 0.433 e. The van der Waals surface area contributed by atoms with Gasteiger partial charge in [-0.15, -0.1) is 11.3 Å². The first-order chi connectivity index (χ1) is 16.2. The maximum absolute atomic E-state index is 13.5. The number of carbonyl (C=O) groups is 1. The van der Waals surface area contributed by atoms with Crippen molar-refractivity contribution in [3.8, 4) is 23.3 Å². The van der Waals surface area contributed by atoms with Gasteiger partial charge in [0.2, 0.25) is 0 Å². The van der Waals surface area contributed by atoms with E-state index in [9.17, 15) is 23.2 Å². The van der Waals surface area contributed by atoms with Crippen molar-refractivity contribution in [3.63, 3.8) is 0 Å². The van der Waals surface area contributed by atoms with Crippen molar-refractivity contribution < 1.29 is 18.0 Å². The number of alkyl halides is 3. The van der Waals surface area contributed by atoms with E-state index in [4.69, 9.17) is 0 Å². The van der Waals surface area contributed by atoms with Gasteiger partial charge in [-0.05, 0) is 37.0 Å². The first-order valence-electron chi connectivity index (χ1n) is 10.1. The number of nitrogens with zero attached hydrogens (tertiary/aromatic N) is 7. The molecule has 0 bridgehead atoms. The summed E-state index contributed by atoms with van der Waals surface area (Å²) >= 11 is 1.36. The molecule has 0 saturated heterocycles. The number of hydrogen-bond donors (Lipinski definition) is 1. The molecule has 4 aromatic heterocycles. The second kappa shape index (κ2) is 8.07. The molecule has 5 rings (SSSR count). The number of anilines is 1. The first kappa shape index (κ1) is 21.8. The Labute approximate surface area is 194 Å². The predicted octanol–water partition coefficient (Wildman–Crippen LogP) is 3.76. The number of fused-ring (bicyclic) bond motifs is 1. The van der Waals surface area contributed by atoms with Gasteiger partial charge < -0.3 is 5.32 Å². The van der Waals surface area contributed by atoms with E-state index in [1.807, 2.05) is 0 Å². The normalized spacial score (nSPS) is 13.0. The average molecular weight is 484 g/mol. The summed E-state index contributed by atoms with van der Waals surface area (Å²) in [6, 6.07) is 4.32. The summed E-state index contributed by atoms with van der Waals surface area (Å²) in [4.78, 5) is 21.6. The molecule has 0 aromatic carbocycles. The monoisotopic (exact) mass is 484 g/mol. The Bertz CT molecular complexity index is 1460. The highest BCUT2D eigenvalue weighted by molar-refractivity contribution is 7.16. The minimum atomic E-state index is -4.71. The van der Waals surface area contributed by atoms with Gasteiger partial charge >= 0.3 is 6.18 Å². The fourth-order valence-corrected chi connectivity index (χ4v) is 4.95. The van der Waals surface area contributed by atoms with Crippen LogP contribution in [0.1, 0.15) is 38.6 Å². The van der Waals surface area contributed by atoms with Crippen LogP contribution < -0.4 is 5.32 Å². The number of carbonyl (C=O) groups excluding carboxylic acids is 1. The zero-order valence-corrected chi connectivity index (χ0v) is 18.4. The molecule has 4 aromatic rings. The molecule has 172 valence electrons. The second-order valence-corrected chi connectivity index (χ2v) is 8.72. The molecule has 0 fully saturated rings. The van der Waals surface area contributed by atoms with Crippen LogP contribution in [-0.2, 0) is 26.1 Å². The Hall–Kier alpha value is -4.05. The van der Waals surface area contributed by atoms with Crippen LogP contribution >= 0.6 is 11.3 Å². The predicted molar refractivity (Wildman–Crippen MR) is 115 cm³/mol. The number of halogens is 3. The van der Waals surface area contributed by atoms with Crippen LogP contribution in [0.3, 0.4) is 0 Å². The van der Waals surface area contributed by atoms with Crippen LogP contribution in [0.25, 0.3) is 17.2 Å². The van der Waals surface area contributed by atoms with Crippen molar-refractivity contribution in [2.75, 3.05) is 5.32 Å². The van der Waals surface area contributed by atoms with Crippen LogP contribution in [0, 0.1) is 11.3 Å². The molecule has 9 nitrogen and oxygen atoms in total. The lowest BCUT2D eigenvalue weighted by atomic mass is 10.1. The minimum Gasteiger partial charge on any atom is -0.311 e. The number of amides is 1. The van der Waals surface area contributed by atoms with E-state index in [1.54, 1.807) is 7.05 Å². The highest BCUT2D eigenvalue weighted by atomic mass is 32.1. The van der Waals surface area contributed by atoms with Gasteiger partial charge in [0.25, 0.3) is 11.9 Å². The van der Waals surface area contributed by atoms with E-state index in [1.165, 1.54) is 40.7 Å². The van der Waals surface area contributed by atoms with E-state index < -0.39 is 17.8 Å². The molecule has 13 heteroatoms. The summed E-state index contributed by atoms with van der Waals surface area (Å²) in [7, 11) is 1.63. The summed E-state index contributed by atoms with van der Waals surface area (Å²) < 4.78 is 42.9. The van der Waals surface area contributed by atoms with Crippen molar-refractivity contribution in [2.45, 2.75) is 25.4 Å². The van der Waals surface area contributed by atoms with Gasteiger partial charge in [0.1, 0.15) is 11.1 Å². The van der Waals surface area contributed by atoms with E-state index in [2.05, 4.69) is 31.6 Å². The van der Waals surface area contributed by atoms with Gasteiger partial charge in [0.05, 0.1) is 17.5 Å². The summed E-state index contributed by atoms with van der Waals surface area (Å²) in [5.41, 5.74) is 0.600. The molecule has 1 N–H and O–H groups in total. The molecule has 1 aliphatic rings. The molecule has 1 amide bonds. The number of nitrogens with one attached hydrogen (secondary N) is 1. The van der Waals surface area contributed by atoms with Crippen molar-refractivity contribution in [3.05, 3.63) is 58.1 Å². The summed E-state index contributed by atoms with van der Waals surface area (Å²) in [6.45, 7) is 0. The van der Waals surface area contributed by atoms with Gasteiger partial charge in [-0.1, -0.05) is 0 Å². The van der Waals surface area contributed by atoms with Crippen LogP contribution in [0.2, 0.25) is 0 Å². The summed E-state index contributed by atoms with van der Waals surface area (Å²) in [5.74, 6) is -0.935. The van der Waals surface area contributed by atoms with Crippen LogP contribution in [0.15, 0.2) is 30.7 Å². The number of rotatable bonds is 4. The zero-order valence-electron chi connectivity index (χ0n) is 17.6. The van der Waals surface area contributed by atoms with E-state index in [0.717, 1.165) is 40.5 Å². The van der Waals surface area contributed by atoms with E-state index in [0.29, 0.717) is 16.1 Å². The van der Waals surface area contributed by atoms with Crippen LogP contribution in [-0.4, -0.2) is 35.4 Å². The zero-order chi connectivity index (χ0) is 24.0. The Morgan fingerprint density at radius 2 is 2.12 bits per heavy atom. The second-order valence-electron chi connectivity index (χ2n) is 7.61. The third kappa shape index (κ3) is 3.92. The number of aromatic nitrogens is 6. The molecule has 34 heavy (non-hydrogen) atoms. The highest BCUT2D eigenvalue weighted by Gasteiger charge is 2.34. The van der Waals surface area contributed by atoms with Crippen LogP contribution in [0.5, 0.6) is 0 Å². The third-order valence-electron chi connectivity index (χ3n) is 5.29. The standard InChI is InChI=1S/C21H15F3N8OS/c1-31-10-11(9-26-31)15-7-17(21(22,23)24)28-20(27-15)32-6-5-14(30-32)18(33)29-19-13(8-25)12-3-2-4-16(12)34-19/h5-7,9-10H,2-4H2,1H3,(H,29,33). The lowest BCUT2D eigenvalue weighted by Crippen LogP contribution is -2.15. The van der Waals surface area contributed by atoms with Gasteiger partial charge in [0.15, 0.2) is 11.4 Å². The van der Waals surface area contributed by atoms with Crippen molar-refractivity contribution in [1.29, 1.82) is 5.26 Å². The van der Waals surface area contributed by atoms with Gasteiger partial charge in [-0.25, -0.2) is 14.6 Å². The molecular formula is C21H15F3N8OS. The van der Waals surface area contributed by atoms with Crippen molar-refractivity contribution >= 4 is 22.2 Å². The number of thiophene rings is 1. The molecule has 1 aliphatic carbocycles. The molecule has 0 spiro atoms. The number of nitriles is 1. The first-order valence-corrected chi connectivity index (χ1v) is 10.9. The van der Waals surface area contributed by atoms with E-state index in [-0.39, 0.29) is 17.3 Å². The topological polar surface area (TPSA) is 114 Å². The Balaban J connectivity index is 1.46. The molecular weight excluding hydrogens is 469 g/mol. The SMILES string of the molecule is Cn1cc(-c2cc(C(F)(F)F)nc(-n3ccc(C(=O)Nc4sc5c(c4C#N)CCC5)n3)n2)cn1. The number of aryl methyl sites for hydroxylation is 2. The molecule has 0 saturated carbocycles. The highest BCUT2D eigenvalue weighted by Crippen LogP contribution is 2.38. The smallest absolute Gasteiger partial charge is 0.311 e. The number of hydrogen-bond acceptors (Lipinski definition) is 7. The molecule has 0 aliphatic heterocycles. The molecule has 0 unspecified atom stereocenters. The Kier molecular flexibility index (Phi) is 5.17. The van der Waals surface area contributed by atoms with Crippen molar-refractivity contribution in [1.82, 2.24) is 29.5 Å². The quantitative estimate of drug-likeness (QED) is 0.472. The Morgan fingerprint density at radius 3 is 2.82 bits per heavy atom. The third-order valence-corrected chi connectivity index (χ3v) is 6.50. The van der Waals surface area contributed by atoms with Crippen LogP contribution in [0.4, 0.5) is 18.2 Å². The maximum atomic E-state index is 13.5. The van der Waals surface area contributed by atoms with Gasteiger partial charge in [0, 0.05) is 29.9 Å². The molecule has 0 radical (unpaired) electrons. The molecule has 4 heterocycles. The van der Waals surface area contributed by atoms with Crippen molar-refractivity contribution in [2.24, 2.45) is 7.05 Å². The summed E-state index contributed by atoms with van der Waals surface area (Å²) in [6.07, 6.45) is 2.15. The van der Waals surface area contributed by atoms with Gasteiger partial charge in [-0.2, -0.15) is 28.6 Å². The minimum absolute atomic E-state index is 0.0127. The van der Waals surface area contributed by atoms with E-state index >= 15 is 0 Å². The Morgan fingerprint density at radius 1 is 1.29 bits per heavy atom. The fourth-order valence-electron chi connectivity index (χ4n) is 3.72. The fraction of sp³-hybridized carbons (Fsp3) is 0.238. The molecule has 0 atom stereocenters. The van der Waals surface area contributed by atoms with Gasteiger partial charge in [-0.3, -0.25) is 9.48 Å². The lowest BCUT2D eigenvalue weighted by molar-refractivity contribution is -0.141. The lowest BCUT2D eigenvalue weighted by Gasteiger charge is -2.09. The summed E-state index contributed by atoms with van der Waals surface area (Å²) in [5, 5.41) is 20.7.